The van der Waals surface area contributed by atoms with Crippen molar-refractivity contribution in [3.05, 3.63) is 231 Å². The van der Waals surface area contributed by atoms with E-state index < -0.39 is 0 Å². The molecule has 0 aliphatic rings. The van der Waals surface area contributed by atoms with Crippen molar-refractivity contribution in [2.24, 2.45) is 0 Å². The number of para-hydroxylation sites is 4. The molecule has 0 saturated carbocycles. The molecule has 11 rings (SSSR count). The molecule has 0 amide bonds. The van der Waals surface area contributed by atoms with Crippen molar-refractivity contribution in [1.29, 1.82) is 0 Å². The molecule has 0 atom stereocenters. The second-order valence-corrected chi connectivity index (χ2v) is 14.9. The van der Waals surface area contributed by atoms with Gasteiger partial charge in [-0.05, 0) is 110 Å². The predicted molar refractivity (Wildman–Crippen MR) is 247 cm³/mol. The van der Waals surface area contributed by atoms with E-state index in [0.717, 1.165) is 17.1 Å². The van der Waals surface area contributed by atoms with Gasteiger partial charge < -0.3 is 9.47 Å². The minimum absolute atomic E-state index is 1.10. The van der Waals surface area contributed by atoms with Crippen LogP contribution < -0.4 is 4.90 Å². The third-order valence-corrected chi connectivity index (χ3v) is 11.6. The first-order valence-corrected chi connectivity index (χ1v) is 19.9. The lowest BCUT2D eigenvalue weighted by Crippen LogP contribution is -2.11. The van der Waals surface area contributed by atoms with Crippen molar-refractivity contribution in [3.63, 3.8) is 0 Å². The van der Waals surface area contributed by atoms with Crippen LogP contribution in [0.15, 0.2) is 231 Å². The molecule has 0 saturated heterocycles. The molecule has 58 heavy (non-hydrogen) atoms. The number of aromatic nitrogens is 1. The lowest BCUT2D eigenvalue weighted by molar-refractivity contribution is 1.18. The Morgan fingerprint density at radius 1 is 0.293 bits per heavy atom. The molecule has 2 nitrogen and oxygen atoms in total. The monoisotopic (exact) mass is 738 g/mol. The molecule has 1 aromatic heterocycles. The van der Waals surface area contributed by atoms with E-state index in [-0.39, 0.29) is 0 Å². The van der Waals surface area contributed by atoms with Crippen LogP contribution in [0.1, 0.15) is 0 Å². The molecular weight excluding hydrogens is 701 g/mol. The van der Waals surface area contributed by atoms with Crippen LogP contribution in [0.5, 0.6) is 0 Å². The summed E-state index contributed by atoms with van der Waals surface area (Å²) in [6.07, 6.45) is 0. The molecule has 10 aromatic carbocycles. The van der Waals surface area contributed by atoms with Gasteiger partial charge in [-0.15, -0.1) is 0 Å². The molecule has 2 heteroatoms. The molecule has 1 heterocycles. The highest BCUT2D eigenvalue weighted by molar-refractivity contribution is 6.22. The summed E-state index contributed by atoms with van der Waals surface area (Å²) >= 11 is 0. The zero-order valence-corrected chi connectivity index (χ0v) is 31.8. The van der Waals surface area contributed by atoms with Gasteiger partial charge in [-0.2, -0.15) is 0 Å². The smallest absolute Gasteiger partial charge is 0.0541 e. The summed E-state index contributed by atoms with van der Waals surface area (Å²) in [5, 5.41) is 7.47. The van der Waals surface area contributed by atoms with Gasteiger partial charge in [0, 0.05) is 33.4 Å². The van der Waals surface area contributed by atoms with Gasteiger partial charge in [0.1, 0.15) is 0 Å². The number of nitrogens with zero attached hydrogens (tertiary/aromatic N) is 2. The Morgan fingerprint density at radius 3 is 1.45 bits per heavy atom. The molecule has 0 aliphatic carbocycles. The maximum Gasteiger partial charge on any atom is 0.0541 e. The van der Waals surface area contributed by atoms with E-state index in [2.05, 4.69) is 240 Å². The first-order valence-electron chi connectivity index (χ1n) is 19.9. The number of fused-ring (bicyclic) bond motifs is 5. The molecule has 0 aliphatic heterocycles. The normalized spacial score (nSPS) is 11.4. The molecule has 0 fully saturated rings. The third-order valence-electron chi connectivity index (χ3n) is 11.6. The highest BCUT2D eigenvalue weighted by atomic mass is 15.1. The molecule has 272 valence electrons. The Balaban J connectivity index is 1.07. The SMILES string of the molecule is c1ccc(-c2c3ccccc3c(-c3ccccc3N(c3ccccc3)c3ccc(-c4ccc5c(c4)c4ccccc4n5-c4ccccc4)cc3)c3ccccc23)cc1. The van der Waals surface area contributed by atoms with Crippen molar-refractivity contribution in [1.82, 2.24) is 4.57 Å². The summed E-state index contributed by atoms with van der Waals surface area (Å²) in [4.78, 5) is 2.41. The Bertz CT molecular complexity index is 3200. The van der Waals surface area contributed by atoms with Crippen LogP contribution in [-0.2, 0) is 0 Å². The quantitative estimate of drug-likeness (QED) is 0.148. The van der Waals surface area contributed by atoms with Crippen molar-refractivity contribution in [2.75, 3.05) is 4.90 Å². The Hall–Kier alpha value is -7.68. The molecular formula is C56H38N2. The lowest BCUT2D eigenvalue weighted by atomic mass is 9.85. The lowest BCUT2D eigenvalue weighted by Gasteiger charge is -2.29. The third kappa shape index (κ3) is 5.57. The predicted octanol–water partition coefficient (Wildman–Crippen LogP) is 15.6. The fourth-order valence-electron chi connectivity index (χ4n) is 9.03. The van der Waals surface area contributed by atoms with Gasteiger partial charge in [0.15, 0.2) is 0 Å². The highest BCUT2D eigenvalue weighted by Gasteiger charge is 2.22. The molecule has 0 unspecified atom stereocenters. The number of benzene rings is 10. The van der Waals surface area contributed by atoms with Crippen LogP contribution >= 0.6 is 0 Å². The van der Waals surface area contributed by atoms with Crippen molar-refractivity contribution in [3.8, 4) is 39.1 Å². The van der Waals surface area contributed by atoms with Gasteiger partial charge in [0.2, 0.25) is 0 Å². The van der Waals surface area contributed by atoms with E-state index in [0.29, 0.717) is 0 Å². The van der Waals surface area contributed by atoms with Crippen LogP contribution in [-0.4, -0.2) is 4.57 Å². The van der Waals surface area contributed by atoms with Crippen LogP contribution in [0.3, 0.4) is 0 Å². The Kier molecular flexibility index (Phi) is 8.19. The second kappa shape index (κ2) is 14.1. The van der Waals surface area contributed by atoms with Crippen LogP contribution in [0, 0.1) is 0 Å². The van der Waals surface area contributed by atoms with E-state index in [9.17, 15) is 0 Å². The first kappa shape index (κ1) is 33.6. The van der Waals surface area contributed by atoms with Crippen molar-refractivity contribution >= 4 is 60.4 Å². The standard InChI is InChI=1S/C56H38N2/c1-4-18-40(19-5-1)55-46-25-10-12-27-48(46)56(49-28-13-11-26-47(49)55)50-29-15-17-31-53(50)57(42-20-6-2-7-21-42)44-35-32-39(33-36-44)41-34-37-54-51(38-41)45-24-14-16-30-52(45)58(54)43-22-8-3-9-23-43/h1-38H. The summed E-state index contributed by atoms with van der Waals surface area (Å²) in [5.74, 6) is 0. The fourth-order valence-corrected chi connectivity index (χ4v) is 9.03. The van der Waals surface area contributed by atoms with Gasteiger partial charge in [0.25, 0.3) is 0 Å². The first-order chi connectivity index (χ1) is 28.8. The summed E-state index contributed by atoms with van der Waals surface area (Å²) in [5.41, 5.74) is 14.2. The average molecular weight is 739 g/mol. The van der Waals surface area contributed by atoms with Crippen LogP contribution in [0.4, 0.5) is 17.1 Å². The number of rotatable bonds is 7. The molecule has 11 aromatic rings. The van der Waals surface area contributed by atoms with Gasteiger partial charge >= 0.3 is 0 Å². The molecule has 0 radical (unpaired) electrons. The van der Waals surface area contributed by atoms with Gasteiger partial charge in [-0.25, -0.2) is 0 Å². The Labute approximate surface area is 338 Å². The molecule has 0 bridgehead atoms. The summed E-state index contributed by atoms with van der Waals surface area (Å²) in [7, 11) is 0. The summed E-state index contributed by atoms with van der Waals surface area (Å²) in [6, 6.07) is 83.6. The molecule has 0 spiro atoms. The number of hydrogen-bond acceptors (Lipinski definition) is 1. The van der Waals surface area contributed by atoms with E-state index in [1.165, 1.54) is 82.4 Å². The van der Waals surface area contributed by atoms with E-state index in [1.54, 1.807) is 0 Å². The second-order valence-electron chi connectivity index (χ2n) is 14.9. The van der Waals surface area contributed by atoms with Gasteiger partial charge in [-0.1, -0.05) is 170 Å². The highest BCUT2D eigenvalue weighted by Crippen LogP contribution is 2.48. The molecule has 0 N–H and O–H groups in total. The Morgan fingerprint density at radius 2 is 0.776 bits per heavy atom. The average Bonchev–Trinajstić information content (AvgIpc) is 3.63. The maximum atomic E-state index is 2.41. The largest absolute Gasteiger partial charge is 0.310 e. The summed E-state index contributed by atoms with van der Waals surface area (Å²) < 4.78 is 2.37. The van der Waals surface area contributed by atoms with Crippen LogP contribution in [0.2, 0.25) is 0 Å². The zero-order chi connectivity index (χ0) is 38.4. The minimum Gasteiger partial charge on any atom is -0.310 e. The van der Waals surface area contributed by atoms with Crippen molar-refractivity contribution in [2.45, 2.75) is 0 Å². The number of hydrogen-bond donors (Lipinski definition) is 0. The van der Waals surface area contributed by atoms with E-state index in [4.69, 9.17) is 0 Å². The topological polar surface area (TPSA) is 8.17 Å². The fraction of sp³-hybridized carbons (Fsp3) is 0. The zero-order valence-electron chi connectivity index (χ0n) is 31.8. The van der Waals surface area contributed by atoms with E-state index in [1.807, 2.05) is 0 Å². The van der Waals surface area contributed by atoms with Crippen LogP contribution in [0.25, 0.3) is 82.4 Å². The number of anilines is 3. The summed E-state index contributed by atoms with van der Waals surface area (Å²) in [6.45, 7) is 0. The van der Waals surface area contributed by atoms with Gasteiger partial charge in [-0.3, -0.25) is 0 Å². The minimum atomic E-state index is 1.10. The maximum absolute atomic E-state index is 2.41. The van der Waals surface area contributed by atoms with Crippen molar-refractivity contribution < 1.29 is 0 Å². The van der Waals surface area contributed by atoms with E-state index >= 15 is 0 Å². The van der Waals surface area contributed by atoms with Gasteiger partial charge in [0.05, 0.1) is 16.7 Å².